The molecule has 1 N–H and O–H groups in total. The molecule has 2 aromatic carbocycles. The van der Waals surface area contributed by atoms with Gasteiger partial charge in [0.2, 0.25) is 0 Å². The van der Waals surface area contributed by atoms with Gasteiger partial charge < -0.3 is 19.5 Å². The smallest absolute Gasteiger partial charge is 0.338 e. The Hall–Kier alpha value is -2.61. The Morgan fingerprint density at radius 2 is 1.86 bits per heavy atom. The largest absolute Gasteiger partial charge is 0.495 e. The average Bonchev–Trinajstić information content (AvgIpc) is 2.73. The summed E-state index contributed by atoms with van der Waals surface area (Å²) in [6, 6.07) is 12.1. The molecule has 0 spiro atoms. The van der Waals surface area contributed by atoms with Crippen molar-refractivity contribution in [2.75, 3.05) is 45.3 Å². The topological polar surface area (TPSA) is 77.1 Å². The second-order valence-electron chi connectivity index (χ2n) is 6.56. The van der Waals surface area contributed by atoms with Crippen LogP contribution < -0.4 is 10.1 Å². The van der Waals surface area contributed by atoms with Crippen LogP contribution in [0.5, 0.6) is 5.75 Å². The molecule has 3 rings (SSSR count). The molecule has 0 atom stereocenters. The van der Waals surface area contributed by atoms with E-state index >= 15 is 0 Å². The van der Waals surface area contributed by atoms with Crippen molar-refractivity contribution in [3.63, 3.8) is 0 Å². The van der Waals surface area contributed by atoms with Crippen LogP contribution >= 0.6 is 11.6 Å². The quantitative estimate of drug-likeness (QED) is 0.696. The van der Waals surface area contributed by atoms with E-state index in [2.05, 4.69) is 10.2 Å². The van der Waals surface area contributed by atoms with Crippen molar-refractivity contribution in [1.82, 2.24) is 4.90 Å². The normalized spacial score (nSPS) is 14.3. The van der Waals surface area contributed by atoms with E-state index in [0.29, 0.717) is 22.0 Å². The van der Waals surface area contributed by atoms with Gasteiger partial charge in [0.15, 0.2) is 6.61 Å². The van der Waals surface area contributed by atoms with Crippen LogP contribution in [0, 0.1) is 0 Å². The van der Waals surface area contributed by atoms with Gasteiger partial charge in [0, 0.05) is 25.3 Å². The number of methoxy groups -OCH3 is 1. The number of ether oxygens (including phenoxy) is 3. The molecule has 1 fully saturated rings. The van der Waals surface area contributed by atoms with Gasteiger partial charge in [0.05, 0.1) is 30.9 Å². The number of anilines is 1. The van der Waals surface area contributed by atoms with Crippen LogP contribution in [0.15, 0.2) is 42.5 Å². The van der Waals surface area contributed by atoms with E-state index < -0.39 is 18.5 Å². The molecule has 0 saturated carbocycles. The summed E-state index contributed by atoms with van der Waals surface area (Å²) in [6.45, 7) is 3.71. The summed E-state index contributed by atoms with van der Waals surface area (Å²) in [5.41, 5.74) is 2.00. The summed E-state index contributed by atoms with van der Waals surface area (Å²) < 4.78 is 15.5. The molecule has 1 saturated heterocycles. The Kier molecular flexibility index (Phi) is 7.46. The molecule has 0 unspecified atom stereocenters. The van der Waals surface area contributed by atoms with E-state index in [9.17, 15) is 9.59 Å². The predicted molar refractivity (Wildman–Crippen MR) is 109 cm³/mol. The molecule has 0 bridgehead atoms. The molecule has 1 heterocycles. The van der Waals surface area contributed by atoms with Crippen LogP contribution in [-0.4, -0.2) is 56.8 Å². The van der Waals surface area contributed by atoms with Crippen LogP contribution in [0.3, 0.4) is 0 Å². The zero-order valence-electron chi connectivity index (χ0n) is 16.2. The lowest BCUT2D eigenvalue weighted by Gasteiger charge is -2.26. The first kappa shape index (κ1) is 21.1. The van der Waals surface area contributed by atoms with Crippen LogP contribution in [0.2, 0.25) is 5.02 Å². The van der Waals surface area contributed by atoms with Gasteiger partial charge in [-0.15, -0.1) is 0 Å². The minimum absolute atomic E-state index is 0.375. The Morgan fingerprint density at radius 1 is 1.14 bits per heavy atom. The first-order valence-electron chi connectivity index (χ1n) is 9.24. The second kappa shape index (κ2) is 10.2. The molecule has 29 heavy (non-hydrogen) atoms. The van der Waals surface area contributed by atoms with Crippen molar-refractivity contribution in [3.05, 3.63) is 58.6 Å². The fourth-order valence-corrected chi connectivity index (χ4v) is 3.18. The van der Waals surface area contributed by atoms with Gasteiger partial charge in [-0.25, -0.2) is 4.79 Å². The highest BCUT2D eigenvalue weighted by Gasteiger charge is 2.13. The number of amides is 1. The molecule has 8 heteroatoms. The van der Waals surface area contributed by atoms with Gasteiger partial charge in [-0.3, -0.25) is 9.69 Å². The van der Waals surface area contributed by atoms with Crippen molar-refractivity contribution >= 4 is 29.2 Å². The Bertz CT molecular complexity index is 851. The second-order valence-corrected chi connectivity index (χ2v) is 6.97. The zero-order chi connectivity index (χ0) is 20.6. The maximum atomic E-state index is 12.2. The minimum atomic E-state index is -0.550. The molecular weight excluding hydrogens is 396 g/mol. The van der Waals surface area contributed by atoms with Gasteiger partial charge >= 0.3 is 5.97 Å². The first-order chi connectivity index (χ1) is 14.0. The molecule has 154 valence electrons. The summed E-state index contributed by atoms with van der Waals surface area (Å²) >= 11 is 6.02. The van der Waals surface area contributed by atoms with Crippen LogP contribution in [0.1, 0.15) is 15.9 Å². The van der Waals surface area contributed by atoms with Crippen molar-refractivity contribution < 1.29 is 23.8 Å². The van der Waals surface area contributed by atoms with Gasteiger partial charge in [0.1, 0.15) is 5.75 Å². The maximum absolute atomic E-state index is 12.2. The van der Waals surface area contributed by atoms with Crippen molar-refractivity contribution in [2.45, 2.75) is 6.54 Å². The minimum Gasteiger partial charge on any atom is -0.495 e. The Morgan fingerprint density at radius 3 is 2.52 bits per heavy atom. The van der Waals surface area contributed by atoms with Crippen molar-refractivity contribution in [1.29, 1.82) is 0 Å². The standard InChI is InChI=1S/C21H23ClN2O5/c1-27-19-7-6-17(12-18(19)22)23-20(25)14-29-21(26)16-4-2-15(3-5-16)13-24-8-10-28-11-9-24/h2-7,12H,8-11,13-14H2,1H3,(H,23,25). The Labute approximate surface area is 174 Å². The monoisotopic (exact) mass is 418 g/mol. The van der Waals surface area contributed by atoms with Gasteiger partial charge in [-0.2, -0.15) is 0 Å². The van der Waals surface area contributed by atoms with Gasteiger partial charge in [0.25, 0.3) is 5.91 Å². The summed E-state index contributed by atoms with van der Waals surface area (Å²) in [6.07, 6.45) is 0. The number of carbonyl (C=O) groups excluding carboxylic acids is 2. The van der Waals surface area contributed by atoms with Crippen molar-refractivity contribution in [2.24, 2.45) is 0 Å². The summed E-state index contributed by atoms with van der Waals surface area (Å²) in [5.74, 6) is -0.498. The fraction of sp³-hybridized carbons (Fsp3) is 0.333. The average molecular weight is 419 g/mol. The fourth-order valence-electron chi connectivity index (χ4n) is 2.92. The van der Waals surface area contributed by atoms with Crippen LogP contribution in [0.25, 0.3) is 0 Å². The summed E-state index contributed by atoms with van der Waals surface area (Å²) in [5, 5.41) is 3.00. The summed E-state index contributed by atoms with van der Waals surface area (Å²) in [4.78, 5) is 26.5. The molecule has 0 aromatic heterocycles. The maximum Gasteiger partial charge on any atom is 0.338 e. The molecule has 2 aromatic rings. The van der Waals surface area contributed by atoms with Crippen LogP contribution in [0.4, 0.5) is 5.69 Å². The third-order valence-corrected chi connectivity index (χ3v) is 4.76. The van der Waals surface area contributed by atoms with E-state index in [1.165, 1.54) is 7.11 Å². The van der Waals surface area contributed by atoms with E-state index in [-0.39, 0.29) is 0 Å². The first-order valence-corrected chi connectivity index (χ1v) is 9.62. The van der Waals surface area contributed by atoms with Gasteiger partial charge in [-0.1, -0.05) is 23.7 Å². The summed E-state index contributed by atoms with van der Waals surface area (Å²) in [7, 11) is 1.51. The number of nitrogens with one attached hydrogen (secondary N) is 1. The predicted octanol–water partition coefficient (Wildman–Crippen LogP) is 2.98. The number of morpholine rings is 1. The molecular formula is C21H23ClN2O5. The molecule has 1 amide bonds. The van der Waals surface area contributed by atoms with Crippen molar-refractivity contribution in [3.8, 4) is 5.75 Å². The third kappa shape index (κ3) is 6.19. The number of benzene rings is 2. The highest BCUT2D eigenvalue weighted by molar-refractivity contribution is 6.32. The van der Waals surface area contributed by atoms with E-state index in [1.54, 1.807) is 30.3 Å². The van der Waals surface area contributed by atoms with Crippen LogP contribution in [-0.2, 0) is 20.8 Å². The van der Waals surface area contributed by atoms with E-state index in [0.717, 1.165) is 38.4 Å². The highest BCUT2D eigenvalue weighted by atomic mass is 35.5. The number of esters is 1. The number of hydrogen-bond donors (Lipinski definition) is 1. The number of hydrogen-bond acceptors (Lipinski definition) is 6. The Balaban J connectivity index is 1.47. The number of carbonyl (C=O) groups is 2. The molecule has 7 nitrogen and oxygen atoms in total. The molecule has 1 aliphatic rings. The van der Waals surface area contributed by atoms with E-state index in [1.807, 2.05) is 12.1 Å². The number of halogens is 1. The number of rotatable bonds is 7. The SMILES string of the molecule is COc1ccc(NC(=O)COC(=O)c2ccc(CN3CCOCC3)cc2)cc1Cl. The molecule has 0 radical (unpaired) electrons. The lowest BCUT2D eigenvalue weighted by molar-refractivity contribution is -0.119. The zero-order valence-corrected chi connectivity index (χ0v) is 16.9. The third-order valence-electron chi connectivity index (χ3n) is 4.47. The van der Waals surface area contributed by atoms with Gasteiger partial charge in [-0.05, 0) is 35.9 Å². The highest BCUT2D eigenvalue weighted by Crippen LogP contribution is 2.27. The number of nitrogens with zero attached hydrogens (tertiary/aromatic N) is 1. The van der Waals surface area contributed by atoms with E-state index in [4.69, 9.17) is 25.8 Å². The lowest BCUT2D eigenvalue weighted by atomic mass is 10.1. The molecule has 0 aliphatic carbocycles. The lowest BCUT2D eigenvalue weighted by Crippen LogP contribution is -2.35. The molecule has 1 aliphatic heterocycles.